The predicted molar refractivity (Wildman–Crippen MR) is 62.7 cm³/mol. The molecule has 1 aliphatic heterocycles. The van der Waals surface area contributed by atoms with E-state index in [2.05, 4.69) is 12.2 Å². The van der Waals surface area contributed by atoms with Gasteiger partial charge in [0.25, 0.3) is 0 Å². The minimum Gasteiger partial charge on any atom is -0.375 e. The highest BCUT2D eigenvalue weighted by Gasteiger charge is 2.38. The summed E-state index contributed by atoms with van der Waals surface area (Å²) in [6.45, 7) is 1.72. The summed E-state index contributed by atoms with van der Waals surface area (Å²) < 4.78 is 6.00. The molecule has 1 heterocycles. The fraction of sp³-hybridized carbons (Fsp3) is 0.846. The van der Waals surface area contributed by atoms with Crippen LogP contribution in [0.25, 0.3) is 0 Å². The van der Waals surface area contributed by atoms with Gasteiger partial charge in [0.05, 0.1) is 5.60 Å². The molecule has 2 heteroatoms. The van der Waals surface area contributed by atoms with E-state index in [4.69, 9.17) is 10.5 Å². The van der Waals surface area contributed by atoms with Crippen LogP contribution in [0, 0.1) is 5.92 Å². The third-order valence-electron chi connectivity index (χ3n) is 3.79. The Kier molecular flexibility index (Phi) is 3.81. The van der Waals surface area contributed by atoms with Gasteiger partial charge in [0.15, 0.2) is 0 Å². The lowest BCUT2D eigenvalue weighted by atomic mass is 9.84. The summed E-state index contributed by atoms with van der Waals surface area (Å²) in [5.41, 5.74) is 5.74. The van der Waals surface area contributed by atoms with Gasteiger partial charge in [-0.25, -0.2) is 0 Å². The molecule has 2 nitrogen and oxygen atoms in total. The molecule has 1 aliphatic carbocycles. The van der Waals surface area contributed by atoms with Crippen molar-refractivity contribution in [1.82, 2.24) is 0 Å². The summed E-state index contributed by atoms with van der Waals surface area (Å²) in [6, 6.07) is 0. The first-order valence-electron chi connectivity index (χ1n) is 6.35. The second-order valence-electron chi connectivity index (χ2n) is 5.00. The van der Waals surface area contributed by atoms with Crippen LogP contribution in [0.15, 0.2) is 12.2 Å². The molecule has 1 saturated heterocycles. The zero-order valence-electron chi connectivity index (χ0n) is 9.58. The van der Waals surface area contributed by atoms with Gasteiger partial charge in [0.2, 0.25) is 0 Å². The van der Waals surface area contributed by atoms with E-state index in [9.17, 15) is 0 Å². The Bertz CT molecular complexity index is 219. The normalized spacial score (nSPS) is 30.3. The molecular weight excluding hydrogens is 186 g/mol. The first-order valence-corrected chi connectivity index (χ1v) is 6.35. The molecule has 0 bridgehead atoms. The summed E-state index contributed by atoms with van der Waals surface area (Å²) in [5, 5.41) is 0. The van der Waals surface area contributed by atoms with E-state index in [1.165, 1.54) is 38.5 Å². The Morgan fingerprint density at radius 1 is 1.33 bits per heavy atom. The molecule has 1 unspecified atom stereocenters. The fourth-order valence-corrected chi connectivity index (χ4v) is 2.98. The topological polar surface area (TPSA) is 35.2 Å². The minimum absolute atomic E-state index is 0.260. The van der Waals surface area contributed by atoms with Crippen LogP contribution in [0.5, 0.6) is 0 Å². The van der Waals surface area contributed by atoms with E-state index in [0.717, 1.165) is 25.5 Å². The third kappa shape index (κ3) is 2.82. The SMILES string of the molecule is NCCC=CC1CCOC2(CCCC2)C1. The van der Waals surface area contributed by atoms with Crippen molar-refractivity contribution in [3.63, 3.8) is 0 Å². The van der Waals surface area contributed by atoms with Crippen molar-refractivity contribution in [2.45, 2.75) is 50.5 Å². The average molecular weight is 209 g/mol. The van der Waals surface area contributed by atoms with Crippen molar-refractivity contribution in [3.05, 3.63) is 12.2 Å². The van der Waals surface area contributed by atoms with Gasteiger partial charge < -0.3 is 10.5 Å². The molecule has 86 valence electrons. The average Bonchev–Trinajstić information content (AvgIpc) is 2.67. The molecule has 2 N–H and O–H groups in total. The molecule has 2 aliphatic rings. The number of hydrogen-bond donors (Lipinski definition) is 1. The fourth-order valence-electron chi connectivity index (χ4n) is 2.98. The zero-order valence-corrected chi connectivity index (χ0v) is 9.58. The van der Waals surface area contributed by atoms with Crippen LogP contribution in [0.2, 0.25) is 0 Å². The number of allylic oxidation sites excluding steroid dienone is 1. The number of nitrogens with two attached hydrogens (primary N) is 1. The van der Waals surface area contributed by atoms with Crippen molar-refractivity contribution >= 4 is 0 Å². The molecule has 0 aromatic carbocycles. The smallest absolute Gasteiger partial charge is 0.0688 e. The predicted octanol–water partition coefficient (Wildman–Crippen LogP) is 2.63. The highest BCUT2D eigenvalue weighted by Crippen LogP contribution is 2.42. The van der Waals surface area contributed by atoms with Crippen LogP contribution in [-0.4, -0.2) is 18.8 Å². The third-order valence-corrected chi connectivity index (χ3v) is 3.79. The molecule has 2 rings (SSSR count). The monoisotopic (exact) mass is 209 g/mol. The molecule has 0 aromatic heterocycles. The maximum atomic E-state index is 6.00. The zero-order chi connectivity index (χ0) is 10.6. The minimum atomic E-state index is 0.260. The van der Waals surface area contributed by atoms with Gasteiger partial charge in [-0.2, -0.15) is 0 Å². The molecule has 1 saturated carbocycles. The molecule has 1 spiro atoms. The van der Waals surface area contributed by atoms with Crippen molar-refractivity contribution in [3.8, 4) is 0 Å². The lowest BCUT2D eigenvalue weighted by molar-refractivity contribution is -0.0853. The van der Waals surface area contributed by atoms with Crippen LogP contribution in [0.1, 0.15) is 44.9 Å². The molecule has 0 radical (unpaired) electrons. The van der Waals surface area contributed by atoms with Crippen LogP contribution in [-0.2, 0) is 4.74 Å². The first-order chi connectivity index (χ1) is 7.35. The van der Waals surface area contributed by atoms with E-state index in [1.54, 1.807) is 0 Å². The maximum Gasteiger partial charge on any atom is 0.0688 e. The second-order valence-corrected chi connectivity index (χ2v) is 5.00. The molecular formula is C13H23NO. The van der Waals surface area contributed by atoms with Crippen LogP contribution in [0.3, 0.4) is 0 Å². The number of hydrogen-bond acceptors (Lipinski definition) is 2. The van der Waals surface area contributed by atoms with E-state index in [0.29, 0.717) is 0 Å². The highest BCUT2D eigenvalue weighted by atomic mass is 16.5. The maximum absolute atomic E-state index is 6.00. The second kappa shape index (κ2) is 5.13. The summed E-state index contributed by atoms with van der Waals surface area (Å²) in [7, 11) is 0. The van der Waals surface area contributed by atoms with Crippen LogP contribution < -0.4 is 5.73 Å². The first kappa shape index (κ1) is 11.2. The van der Waals surface area contributed by atoms with Crippen molar-refractivity contribution in [2.24, 2.45) is 11.7 Å². The van der Waals surface area contributed by atoms with Gasteiger partial charge >= 0.3 is 0 Å². The van der Waals surface area contributed by atoms with Crippen LogP contribution >= 0.6 is 0 Å². The highest BCUT2D eigenvalue weighted by molar-refractivity contribution is 4.98. The van der Waals surface area contributed by atoms with Crippen LogP contribution in [0.4, 0.5) is 0 Å². The van der Waals surface area contributed by atoms with Gasteiger partial charge in [-0.1, -0.05) is 25.0 Å². The largest absolute Gasteiger partial charge is 0.375 e. The Balaban J connectivity index is 1.86. The molecule has 0 amide bonds. The molecule has 0 aromatic rings. The van der Waals surface area contributed by atoms with Crippen molar-refractivity contribution in [2.75, 3.05) is 13.2 Å². The summed E-state index contributed by atoms with van der Waals surface area (Å²) in [5.74, 6) is 0.739. The summed E-state index contributed by atoms with van der Waals surface area (Å²) in [6.07, 6.45) is 13.4. The van der Waals surface area contributed by atoms with Crippen molar-refractivity contribution in [1.29, 1.82) is 0 Å². The molecule has 2 fully saturated rings. The molecule has 15 heavy (non-hydrogen) atoms. The number of rotatable bonds is 3. The van der Waals surface area contributed by atoms with Gasteiger partial charge in [0, 0.05) is 6.61 Å². The lowest BCUT2D eigenvalue weighted by Crippen LogP contribution is -2.36. The van der Waals surface area contributed by atoms with Gasteiger partial charge in [-0.3, -0.25) is 0 Å². The van der Waals surface area contributed by atoms with Gasteiger partial charge in [0.1, 0.15) is 0 Å². The van der Waals surface area contributed by atoms with Gasteiger partial charge in [-0.05, 0) is 44.6 Å². The van der Waals surface area contributed by atoms with E-state index in [-0.39, 0.29) is 5.60 Å². The van der Waals surface area contributed by atoms with Gasteiger partial charge in [-0.15, -0.1) is 0 Å². The Morgan fingerprint density at radius 3 is 2.87 bits per heavy atom. The van der Waals surface area contributed by atoms with E-state index < -0.39 is 0 Å². The summed E-state index contributed by atoms with van der Waals surface area (Å²) in [4.78, 5) is 0. The lowest BCUT2D eigenvalue weighted by Gasteiger charge is -2.37. The van der Waals surface area contributed by atoms with E-state index >= 15 is 0 Å². The summed E-state index contributed by atoms with van der Waals surface area (Å²) >= 11 is 0. The van der Waals surface area contributed by atoms with Crippen molar-refractivity contribution < 1.29 is 4.74 Å². The van der Waals surface area contributed by atoms with E-state index in [1.807, 2.05) is 0 Å². The number of ether oxygens (including phenoxy) is 1. The standard InChI is InChI=1S/C13H23NO/c14-9-4-1-5-12-6-10-15-13(11-12)7-2-3-8-13/h1,5,12H,2-4,6-11,14H2. The quantitative estimate of drug-likeness (QED) is 0.725. The molecule has 1 atom stereocenters. The Labute approximate surface area is 92.9 Å². The Morgan fingerprint density at radius 2 is 2.13 bits per heavy atom. The Hall–Kier alpha value is -0.340.